The van der Waals surface area contributed by atoms with Crippen LogP contribution in [0.2, 0.25) is 0 Å². The lowest BCUT2D eigenvalue weighted by Gasteiger charge is -2.08. The Kier molecular flexibility index (Phi) is 4.03. The SMILES string of the molecule is CC(=O)NS(=O)(=O)c1ccc(Nc2ccnc(N)n2)cc1. The Balaban J connectivity index is 2.18. The van der Waals surface area contributed by atoms with Crippen LogP contribution in [0.25, 0.3) is 0 Å². The number of carbonyl (C=O) groups is 1. The van der Waals surface area contributed by atoms with Crippen LogP contribution in [0.1, 0.15) is 6.92 Å². The normalized spacial score (nSPS) is 10.9. The Hall–Kier alpha value is -2.68. The highest BCUT2D eigenvalue weighted by molar-refractivity contribution is 7.90. The number of aromatic nitrogens is 2. The summed E-state index contributed by atoms with van der Waals surface area (Å²) in [6.45, 7) is 1.13. The molecule has 0 atom stereocenters. The van der Waals surface area contributed by atoms with Gasteiger partial charge in [-0.05, 0) is 30.3 Å². The summed E-state index contributed by atoms with van der Waals surface area (Å²) < 4.78 is 25.4. The molecule has 1 heterocycles. The van der Waals surface area contributed by atoms with Crippen molar-refractivity contribution >= 4 is 33.4 Å². The van der Waals surface area contributed by atoms with Crippen LogP contribution in [0.15, 0.2) is 41.4 Å². The number of amides is 1. The summed E-state index contributed by atoms with van der Waals surface area (Å²) >= 11 is 0. The molecule has 4 N–H and O–H groups in total. The van der Waals surface area contributed by atoms with Crippen molar-refractivity contribution in [3.8, 4) is 0 Å². The van der Waals surface area contributed by atoms with Crippen LogP contribution in [0.5, 0.6) is 0 Å². The van der Waals surface area contributed by atoms with Gasteiger partial charge in [0.1, 0.15) is 5.82 Å². The maximum atomic E-state index is 11.8. The molecule has 8 nitrogen and oxygen atoms in total. The summed E-state index contributed by atoms with van der Waals surface area (Å²) in [4.78, 5) is 18.6. The van der Waals surface area contributed by atoms with Gasteiger partial charge in [-0.1, -0.05) is 0 Å². The summed E-state index contributed by atoms with van der Waals surface area (Å²) in [5.74, 6) is -0.0292. The van der Waals surface area contributed by atoms with Gasteiger partial charge in [0.2, 0.25) is 11.9 Å². The molecule has 110 valence electrons. The first-order chi connectivity index (χ1) is 9.87. The maximum absolute atomic E-state index is 11.8. The van der Waals surface area contributed by atoms with Gasteiger partial charge in [-0.25, -0.2) is 18.1 Å². The van der Waals surface area contributed by atoms with Gasteiger partial charge in [-0.3, -0.25) is 4.79 Å². The molecule has 1 aromatic heterocycles. The third kappa shape index (κ3) is 3.89. The van der Waals surface area contributed by atoms with Gasteiger partial charge in [0.25, 0.3) is 10.0 Å². The molecule has 0 fully saturated rings. The summed E-state index contributed by atoms with van der Waals surface area (Å²) in [5, 5.41) is 2.95. The third-order valence-electron chi connectivity index (χ3n) is 2.39. The molecule has 0 radical (unpaired) electrons. The first kappa shape index (κ1) is 14.7. The quantitative estimate of drug-likeness (QED) is 0.755. The lowest BCUT2D eigenvalue weighted by atomic mass is 10.3. The number of benzene rings is 1. The van der Waals surface area contributed by atoms with Crippen LogP contribution in [-0.4, -0.2) is 24.3 Å². The van der Waals surface area contributed by atoms with E-state index in [2.05, 4.69) is 15.3 Å². The number of carbonyl (C=O) groups excluding carboxylic acids is 1. The second kappa shape index (κ2) is 5.75. The highest BCUT2D eigenvalue weighted by Gasteiger charge is 2.14. The Morgan fingerprint density at radius 3 is 2.43 bits per heavy atom. The van der Waals surface area contributed by atoms with Gasteiger partial charge in [0.05, 0.1) is 4.90 Å². The monoisotopic (exact) mass is 307 g/mol. The lowest BCUT2D eigenvalue weighted by molar-refractivity contribution is -0.117. The summed E-state index contributed by atoms with van der Waals surface area (Å²) in [6, 6.07) is 7.47. The fourth-order valence-corrected chi connectivity index (χ4v) is 2.55. The minimum Gasteiger partial charge on any atom is -0.368 e. The molecule has 0 unspecified atom stereocenters. The fourth-order valence-electron chi connectivity index (χ4n) is 1.56. The smallest absolute Gasteiger partial charge is 0.264 e. The van der Waals surface area contributed by atoms with Gasteiger partial charge in [0, 0.05) is 18.8 Å². The highest BCUT2D eigenvalue weighted by Crippen LogP contribution is 2.17. The Bertz CT molecular complexity index is 759. The van der Waals surface area contributed by atoms with E-state index in [1.165, 1.54) is 18.3 Å². The van der Waals surface area contributed by atoms with Crippen molar-refractivity contribution in [3.63, 3.8) is 0 Å². The summed E-state index contributed by atoms with van der Waals surface area (Å²) in [5.41, 5.74) is 6.08. The third-order valence-corrected chi connectivity index (χ3v) is 3.84. The molecule has 0 spiro atoms. The van der Waals surface area contributed by atoms with Gasteiger partial charge in [0.15, 0.2) is 0 Å². The van der Waals surface area contributed by atoms with E-state index in [1.54, 1.807) is 18.2 Å². The molecule has 0 aliphatic heterocycles. The molecule has 0 aliphatic carbocycles. The number of nitrogens with zero attached hydrogens (tertiary/aromatic N) is 2. The van der Waals surface area contributed by atoms with Crippen molar-refractivity contribution in [1.82, 2.24) is 14.7 Å². The standard InChI is InChI=1S/C12H13N5O3S/c1-8(18)17-21(19,20)10-4-2-9(3-5-10)15-11-6-7-14-12(13)16-11/h2-7H,1H3,(H,17,18)(H3,13,14,15,16). The number of sulfonamides is 1. The van der Waals surface area contributed by atoms with E-state index in [4.69, 9.17) is 5.73 Å². The Morgan fingerprint density at radius 1 is 1.19 bits per heavy atom. The van der Waals surface area contributed by atoms with Gasteiger partial charge < -0.3 is 11.1 Å². The van der Waals surface area contributed by atoms with E-state index >= 15 is 0 Å². The number of anilines is 3. The number of nitrogen functional groups attached to an aromatic ring is 1. The van der Waals surface area contributed by atoms with Crippen LogP contribution in [-0.2, 0) is 14.8 Å². The molecule has 2 aromatic rings. The Morgan fingerprint density at radius 2 is 1.86 bits per heavy atom. The summed E-state index contributed by atoms with van der Waals surface area (Å²) in [6.07, 6.45) is 1.50. The minimum absolute atomic E-state index is 0.00884. The fraction of sp³-hybridized carbons (Fsp3) is 0.0833. The zero-order valence-corrected chi connectivity index (χ0v) is 11.9. The molecule has 0 saturated carbocycles. The second-order valence-corrected chi connectivity index (χ2v) is 5.79. The molecule has 2 rings (SSSR count). The molecule has 21 heavy (non-hydrogen) atoms. The lowest BCUT2D eigenvalue weighted by Crippen LogP contribution is -2.28. The van der Waals surface area contributed by atoms with E-state index in [-0.39, 0.29) is 10.8 Å². The molecule has 0 bridgehead atoms. The molecule has 1 aromatic carbocycles. The van der Waals surface area contributed by atoms with Crippen molar-refractivity contribution in [2.75, 3.05) is 11.1 Å². The second-order valence-electron chi connectivity index (χ2n) is 4.11. The van der Waals surface area contributed by atoms with Crippen LogP contribution >= 0.6 is 0 Å². The molecule has 0 saturated heterocycles. The highest BCUT2D eigenvalue weighted by atomic mass is 32.2. The van der Waals surface area contributed by atoms with Crippen molar-refractivity contribution < 1.29 is 13.2 Å². The predicted octanol–water partition coefficient (Wildman–Crippen LogP) is 0.627. The summed E-state index contributed by atoms with van der Waals surface area (Å²) in [7, 11) is -3.83. The first-order valence-corrected chi connectivity index (χ1v) is 7.34. The van der Waals surface area contributed by atoms with Crippen molar-refractivity contribution in [2.24, 2.45) is 0 Å². The largest absolute Gasteiger partial charge is 0.368 e. The molecule has 1 amide bonds. The molecular weight excluding hydrogens is 294 g/mol. The predicted molar refractivity (Wildman–Crippen MR) is 77.2 cm³/mol. The van der Waals surface area contributed by atoms with Crippen LogP contribution in [0.4, 0.5) is 17.5 Å². The zero-order valence-electron chi connectivity index (χ0n) is 11.1. The first-order valence-electron chi connectivity index (χ1n) is 5.86. The average Bonchev–Trinajstić information content (AvgIpc) is 2.38. The van der Waals surface area contributed by atoms with Crippen molar-refractivity contribution in [2.45, 2.75) is 11.8 Å². The zero-order chi connectivity index (χ0) is 15.5. The molecular formula is C12H13N5O3S. The molecule has 0 aliphatic rings. The maximum Gasteiger partial charge on any atom is 0.264 e. The number of nitrogens with one attached hydrogen (secondary N) is 2. The number of hydrogen-bond acceptors (Lipinski definition) is 7. The van der Waals surface area contributed by atoms with E-state index in [9.17, 15) is 13.2 Å². The van der Waals surface area contributed by atoms with Gasteiger partial charge >= 0.3 is 0 Å². The van der Waals surface area contributed by atoms with Crippen molar-refractivity contribution in [1.29, 1.82) is 0 Å². The molecule has 9 heteroatoms. The van der Waals surface area contributed by atoms with Crippen LogP contribution in [0.3, 0.4) is 0 Å². The van der Waals surface area contributed by atoms with E-state index in [0.29, 0.717) is 11.5 Å². The van der Waals surface area contributed by atoms with Crippen LogP contribution in [0, 0.1) is 0 Å². The minimum atomic E-state index is -3.83. The Labute approximate surface area is 121 Å². The number of nitrogens with two attached hydrogens (primary N) is 1. The van der Waals surface area contributed by atoms with Gasteiger partial charge in [-0.2, -0.15) is 4.98 Å². The van der Waals surface area contributed by atoms with Gasteiger partial charge in [-0.15, -0.1) is 0 Å². The topological polar surface area (TPSA) is 127 Å². The number of rotatable bonds is 4. The van der Waals surface area contributed by atoms with Crippen LogP contribution < -0.4 is 15.8 Å². The van der Waals surface area contributed by atoms with E-state index in [0.717, 1.165) is 6.92 Å². The number of hydrogen-bond donors (Lipinski definition) is 3. The van der Waals surface area contributed by atoms with Crippen molar-refractivity contribution in [3.05, 3.63) is 36.5 Å². The van der Waals surface area contributed by atoms with E-state index in [1.807, 2.05) is 4.72 Å². The van der Waals surface area contributed by atoms with E-state index < -0.39 is 15.9 Å². The average molecular weight is 307 g/mol.